The molecule has 0 radical (unpaired) electrons. The van der Waals surface area contributed by atoms with Crippen LogP contribution in [0, 0.1) is 17.1 Å². The molecule has 39 heavy (non-hydrogen) atoms. The van der Waals surface area contributed by atoms with Gasteiger partial charge in [-0.1, -0.05) is 63.2 Å². The van der Waals surface area contributed by atoms with Gasteiger partial charge in [-0.2, -0.15) is 10.2 Å². The molecule has 0 aliphatic carbocycles. The fourth-order valence-electron chi connectivity index (χ4n) is 4.99. The van der Waals surface area contributed by atoms with Crippen LogP contribution in [-0.4, -0.2) is 45.7 Å². The van der Waals surface area contributed by atoms with Crippen LogP contribution >= 0.6 is 0 Å². The summed E-state index contributed by atoms with van der Waals surface area (Å²) in [6, 6.07) is 18.9. The van der Waals surface area contributed by atoms with Crippen LogP contribution in [0.15, 0.2) is 71.5 Å². The Bertz CT molecular complexity index is 1690. The summed E-state index contributed by atoms with van der Waals surface area (Å²) in [4.78, 5) is 18.0. The van der Waals surface area contributed by atoms with Gasteiger partial charge in [0.2, 0.25) is 17.5 Å². The minimum absolute atomic E-state index is 0.294. The minimum Gasteiger partial charge on any atom is -0.423 e. The van der Waals surface area contributed by atoms with E-state index in [0.29, 0.717) is 55.0 Å². The van der Waals surface area contributed by atoms with Crippen molar-refractivity contribution in [1.29, 1.82) is 5.26 Å². The fraction of sp³-hybridized carbons (Fsp3) is 0.267. The zero-order valence-electron chi connectivity index (χ0n) is 22.1. The summed E-state index contributed by atoms with van der Waals surface area (Å²) in [5, 5.41) is 10.5. The summed E-state index contributed by atoms with van der Waals surface area (Å²) < 4.78 is 22.8. The Morgan fingerprint density at radius 3 is 2.31 bits per heavy atom. The van der Waals surface area contributed by atoms with Gasteiger partial charge >= 0.3 is 0 Å². The normalized spacial score (nSPS) is 14.1. The third kappa shape index (κ3) is 4.38. The van der Waals surface area contributed by atoms with E-state index in [0.717, 1.165) is 22.3 Å². The van der Waals surface area contributed by atoms with Crippen LogP contribution in [0.25, 0.3) is 27.8 Å². The predicted molar refractivity (Wildman–Crippen MR) is 149 cm³/mol. The monoisotopic (exact) mass is 521 g/mol. The van der Waals surface area contributed by atoms with Crippen molar-refractivity contribution >= 4 is 22.7 Å². The maximum absolute atomic E-state index is 14.9. The minimum atomic E-state index is -0.322. The molecule has 0 amide bonds. The summed E-state index contributed by atoms with van der Waals surface area (Å²) in [5.41, 5.74) is 3.03. The van der Waals surface area contributed by atoms with Gasteiger partial charge in [-0.3, -0.25) is 4.57 Å². The molecule has 8 nitrogen and oxygen atoms in total. The van der Waals surface area contributed by atoms with Gasteiger partial charge in [0.05, 0.1) is 11.1 Å². The van der Waals surface area contributed by atoms with Gasteiger partial charge in [0.15, 0.2) is 5.65 Å². The number of aromatic nitrogens is 4. The van der Waals surface area contributed by atoms with E-state index in [1.807, 2.05) is 63.4 Å². The SMILES string of the molecule is CC(C)(C)c1nc(C#N)c(N2CCN(c3ncnc4c3c(-c3ccccc3)cn4-c3ccccc3F)CC2)o1. The number of hydrogen-bond donors (Lipinski definition) is 0. The number of hydrogen-bond acceptors (Lipinski definition) is 7. The van der Waals surface area contributed by atoms with Gasteiger partial charge in [0.25, 0.3) is 0 Å². The maximum atomic E-state index is 14.9. The molecule has 196 valence electrons. The van der Waals surface area contributed by atoms with E-state index in [2.05, 4.69) is 25.8 Å². The van der Waals surface area contributed by atoms with E-state index in [1.54, 1.807) is 16.7 Å². The van der Waals surface area contributed by atoms with Crippen molar-refractivity contribution in [3.05, 3.63) is 84.5 Å². The lowest BCUT2D eigenvalue weighted by Gasteiger charge is -2.35. The molecule has 0 atom stereocenters. The lowest BCUT2D eigenvalue weighted by molar-refractivity contribution is 0.389. The number of rotatable bonds is 4. The third-order valence-corrected chi connectivity index (χ3v) is 6.98. The molecule has 6 rings (SSSR count). The number of piperazine rings is 1. The first-order chi connectivity index (χ1) is 18.8. The molecule has 9 heteroatoms. The Morgan fingerprint density at radius 1 is 0.923 bits per heavy atom. The Labute approximate surface area is 226 Å². The Hall–Kier alpha value is -4.71. The van der Waals surface area contributed by atoms with Crippen molar-refractivity contribution < 1.29 is 8.81 Å². The Morgan fingerprint density at radius 2 is 1.62 bits per heavy atom. The summed E-state index contributed by atoms with van der Waals surface area (Å²) in [6.07, 6.45) is 3.48. The van der Waals surface area contributed by atoms with Crippen LogP contribution in [0.3, 0.4) is 0 Å². The lowest BCUT2D eigenvalue weighted by Crippen LogP contribution is -2.47. The van der Waals surface area contributed by atoms with Gasteiger partial charge in [0, 0.05) is 43.4 Å². The molecule has 1 fully saturated rings. The fourth-order valence-corrected chi connectivity index (χ4v) is 4.99. The Balaban J connectivity index is 1.39. The van der Waals surface area contributed by atoms with Gasteiger partial charge in [-0.05, 0) is 17.7 Å². The van der Waals surface area contributed by atoms with Crippen LogP contribution in [0.5, 0.6) is 0 Å². The quantitative estimate of drug-likeness (QED) is 0.299. The van der Waals surface area contributed by atoms with Gasteiger partial charge in [0.1, 0.15) is 24.0 Å². The number of nitriles is 1. The predicted octanol–water partition coefficient (Wildman–Crippen LogP) is 5.71. The largest absolute Gasteiger partial charge is 0.423 e. The summed E-state index contributed by atoms with van der Waals surface area (Å²) in [5.74, 6) is 1.54. The van der Waals surface area contributed by atoms with Gasteiger partial charge in [-0.15, -0.1) is 0 Å². The molecule has 2 aromatic carbocycles. The molecule has 0 spiro atoms. The molecule has 0 saturated carbocycles. The van der Waals surface area contributed by atoms with Crippen LogP contribution in [0.1, 0.15) is 32.4 Å². The van der Waals surface area contributed by atoms with Crippen LogP contribution < -0.4 is 9.80 Å². The highest BCUT2D eigenvalue weighted by atomic mass is 19.1. The second-order valence-electron chi connectivity index (χ2n) is 10.6. The summed E-state index contributed by atoms with van der Waals surface area (Å²) in [7, 11) is 0. The van der Waals surface area contributed by atoms with Crippen molar-refractivity contribution in [2.45, 2.75) is 26.2 Å². The van der Waals surface area contributed by atoms with Crippen molar-refractivity contribution in [3.8, 4) is 22.9 Å². The van der Waals surface area contributed by atoms with E-state index >= 15 is 0 Å². The molecule has 1 aliphatic rings. The van der Waals surface area contributed by atoms with E-state index in [-0.39, 0.29) is 11.2 Å². The average Bonchev–Trinajstić information content (AvgIpc) is 3.57. The number of fused-ring (bicyclic) bond motifs is 1. The molecule has 1 aliphatic heterocycles. The lowest BCUT2D eigenvalue weighted by atomic mass is 9.97. The number of anilines is 2. The standard InChI is InChI=1S/C30H28FN7O/c1-30(2,3)29-35-23(17-32)28(39-29)37-15-13-36(14-16-37)26-25-21(20-9-5-4-6-10-20)18-38(27(25)34-19-33-26)24-12-8-7-11-22(24)31/h4-12,18-19H,13-16H2,1-3H3. The molecule has 1 saturated heterocycles. The van der Waals surface area contributed by atoms with Crippen LogP contribution in [-0.2, 0) is 5.41 Å². The highest BCUT2D eigenvalue weighted by Crippen LogP contribution is 2.38. The highest BCUT2D eigenvalue weighted by Gasteiger charge is 2.30. The second-order valence-corrected chi connectivity index (χ2v) is 10.6. The smallest absolute Gasteiger partial charge is 0.234 e. The van der Waals surface area contributed by atoms with E-state index < -0.39 is 0 Å². The molecule has 3 aromatic heterocycles. The number of para-hydroxylation sites is 1. The first kappa shape index (κ1) is 24.6. The van der Waals surface area contributed by atoms with E-state index in [9.17, 15) is 9.65 Å². The van der Waals surface area contributed by atoms with Gasteiger partial charge < -0.3 is 14.2 Å². The van der Waals surface area contributed by atoms with Crippen LogP contribution in [0.4, 0.5) is 16.1 Å². The Kier molecular flexibility index (Phi) is 6.03. The maximum Gasteiger partial charge on any atom is 0.234 e. The number of nitrogens with zero attached hydrogens (tertiary/aromatic N) is 7. The molecule has 5 aromatic rings. The molecule has 4 heterocycles. The van der Waals surface area contributed by atoms with Crippen molar-refractivity contribution in [2.75, 3.05) is 36.0 Å². The molecule has 0 bridgehead atoms. The van der Waals surface area contributed by atoms with Gasteiger partial charge in [-0.25, -0.2) is 14.4 Å². The first-order valence-corrected chi connectivity index (χ1v) is 12.9. The van der Waals surface area contributed by atoms with E-state index in [1.165, 1.54) is 12.4 Å². The highest BCUT2D eigenvalue weighted by molar-refractivity contribution is 6.02. The summed E-state index contributed by atoms with van der Waals surface area (Å²) >= 11 is 0. The van der Waals surface area contributed by atoms with Crippen molar-refractivity contribution in [3.63, 3.8) is 0 Å². The number of halogens is 1. The zero-order chi connectivity index (χ0) is 27.1. The molecular weight excluding hydrogens is 493 g/mol. The molecule has 0 N–H and O–H groups in total. The van der Waals surface area contributed by atoms with Crippen LogP contribution in [0.2, 0.25) is 0 Å². The topological polar surface area (TPSA) is 87.0 Å². The zero-order valence-corrected chi connectivity index (χ0v) is 22.1. The third-order valence-electron chi connectivity index (χ3n) is 6.98. The van der Waals surface area contributed by atoms with Crippen molar-refractivity contribution in [1.82, 2.24) is 19.5 Å². The van der Waals surface area contributed by atoms with E-state index in [4.69, 9.17) is 9.40 Å². The summed E-state index contributed by atoms with van der Waals surface area (Å²) in [6.45, 7) is 8.62. The number of benzene rings is 2. The second kappa shape index (κ2) is 9.55. The molecular formula is C30H28FN7O. The molecule has 0 unspecified atom stereocenters. The van der Waals surface area contributed by atoms with Crippen molar-refractivity contribution in [2.24, 2.45) is 0 Å². The average molecular weight is 522 g/mol. The number of oxazole rings is 1. The first-order valence-electron chi connectivity index (χ1n) is 12.9.